The number of carbonyl (C=O) groups excluding carboxylic acids is 1. The number of carbonyl (C=O) groups is 1. The average Bonchev–Trinajstić information content (AvgIpc) is 2.38. The van der Waals surface area contributed by atoms with E-state index in [0.717, 1.165) is 6.42 Å². The van der Waals surface area contributed by atoms with Crippen LogP contribution < -0.4 is 5.32 Å². The quantitative estimate of drug-likeness (QED) is 0.746. The molecule has 82 valence electrons. The zero-order valence-corrected chi connectivity index (χ0v) is 9.71. The zero-order valence-electron chi connectivity index (χ0n) is 9.71. The molecule has 1 aliphatic heterocycles. The van der Waals surface area contributed by atoms with Crippen LogP contribution in [0.5, 0.6) is 0 Å². The maximum absolute atomic E-state index is 11.8. The fourth-order valence-corrected chi connectivity index (χ4v) is 2.17. The van der Waals surface area contributed by atoms with Crippen LogP contribution in [0, 0.1) is 0 Å². The van der Waals surface area contributed by atoms with Gasteiger partial charge in [0.25, 0.3) is 0 Å². The Bertz CT molecular complexity index is 205. The van der Waals surface area contributed by atoms with Crippen molar-refractivity contribution in [2.75, 3.05) is 0 Å². The summed E-state index contributed by atoms with van der Waals surface area (Å²) in [6.45, 7) is 8.32. The Morgan fingerprint density at radius 2 is 2.14 bits per heavy atom. The lowest BCUT2D eigenvalue weighted by Crippen LogP contribution is -2.41. The van der Waals surface area contributed by atoms with Gasteiger partial charge in [-0.1, -0.05) is 19.8 Å². The lowest BCUT2D eigenvalue weighted by molar-refractivity contribution is -0.131. The smallest absolute Gasteiger partial charge is 0.240 e. The summed E-state index contributed by atoms with van der Waals surface area (Å²) in [5.74, 6) is 0.251. The molecule has 1 heterocycles. The minimum atomic E-state index is -0.00548. The van der Waals surface area contributed by atoms with E-state index in [1.54, 1.807) is 0 Å². The molecule has 1 rings (SSSR count). The van der Waals surface area contributed by atoms with Gasteiger partial charge in [0, 0.05) is 6.04 Å². The normalized spacial score (nSPS) is 29.7. The summed E-state index contributed by atoms with van der Waals surface area (Å²) in [6, 6.07) is 0.365. The van der Waals surface area contributed by atoms with E-state index in [1.807, 2.05) is 11.8 Å². The second kappa shape index (κ2) is 4.78. The van der Waals surface area contributed by atoms with Crippen LogP contribution in [-0.2, 0) is 4.79 Å². The summed E-state index contributed by atoms with van der Waals surface area (Å²) >= 11 is 0. The number of hydrogen-bond acceptors (Lipinski definition) is 2. The van der Waals surface area contributed by atoms with Crippen LogP contribution in [0.25, 0.3) is 0 Å². The lowest BCUT2D eigenvalue weighted by atomic mass is 10.1. The Labute approximate surface area is 86.9 Å². The molecule has 0 aliphatic carbocycles. The average molecular weight is 198 g/mol. The van der Waals surface area contributed by atoms with Crippen molar-refractivity contribution in [2.45, 2.75) is 65.2 Å². The minimum absolute atomic E-state index is 0.00548. The van der Waals surface area contributed by atoms with E-state index in [-0.39, 0.29) is 18.1 Å². The van der Waals surface area contributed by atoms with Gasteiger partial charge in [0.2, 0.25) is 5.91 Å². The van der Waals surface area contributed by atoms with Gasteiger partial charge in [0.05, 0.1) is 12.2 Å². The summed E-state index contributed by atoms with van der Waals surface area (Å²) in [5.41, 5.74) is 0. The molecule has 1 amide bonds. The van der Waals surface area contributed by atoms with Gasteiger partial charge in [-0.2, -0.15) is 0 Å². The van der Waals surface area contributed by atoms with E-state index >= 15 is 0 Å². The third kappa shape index (κ3) is 2.27. The van der Waals surface area contributed by atoms with E-state index in [1.165, 1.54) is 12.8 Å². The molecule has 14 heavy (non-hydrogen) atoms. The molecule has 3 nitrogen and oxygen atoms in total. The summed E-state index contributed by atoms with van der Waals surface area (Å²) in [6.07, 6.45) is 3.71. The first-order valence-corrected chi connectivity index (χ1v) is 5.66. The summed E-state index contributed by atoms with van der Waals surface area (Å²) in [5, 5.41) is 3.25. The molecule has 0 saturated carbocycles. The third-order valence-corrected chi connectivity index (χ3v) is 2.98. The highest BCUT2D eigenvalue weighted by Gasteiger charge is 2.35. The number of nitrogens with zero attached hydrogens (tertiary/aromatic N) is 1. The second-order valence-electron chi connectivity index (χ2n) is 4.30. The van der Waals surface area contributed by atoms with Crippen molar-refractivity contribution in [3.8, 4) is 0 Å². The number of unbranched alkanes of at least 4 members (excludes halogenated alkanes) is 1. The molecule has 1 saturated heterocycles. The van der Waals surface area contributed by atoms with E-state index < -0.39 is 0 Å². The lowest BCUT2D eigenvalue weighted by Gasteiger charge is -2.28. The zero-order chi connectivity index (χ0) is 10.7. The number of nitrogens with one attached hydrogen (secondary N) is 1. The van der Waals surface area contributed by atoms with Gasteiger partial charge in [-0.05, 0) is 27.2 Å². The molecule has 0 radical (unpaired) electrons. The first kappa shape index (κ1) is 11.5. The Balaban J connectivity index is 2.53. The molecule has 0 spiro atoms. The Morgan fingerprint density at radius 1 is 1.50 bits per heavy atom. The van der Waals surface area contributed by atoms with Crippen LogP contribution >= 0.6 is 0 Å². The molecule has 0 aromatic heterocycles. The van der Waals surface area contributed by atoms with E-state index in [0.29, 0.717) is 6.04 Å². The molecular formula is C11H22N2O. The van der Waals surface area contributed by atoms with Crippen molar-refractivity contribution in [1.29, 1.82) is 0 Å². The van der Waals surface area contributed by atoms with Crippen LogP contribution in [0.1, 0.15) is 47.0 Å². The van der Waals surface area contributed by atoms with Gasteiger partial charge in [-0.25, -0.2) is 0 Å². The van der Waals surface area contributed by atoms with Crippen LogP contribution in [0.15, 0.2) is 0 Å². The van der Waals surface area contributed by atoms with Crippen molar-refractivity contribution in [2.24, 2.45) is 0 Å². The summed E-state index contributed by atoms with van der Waals surface area (Å²) < 4.78 is 0. The van der Waals surface area contributed by atoms with Gasteiger partial charge in [0.1, 0.15) is 0 Å². The fourth-order valence-electron chi connectivity index (χ4n) is 2.17. The Hall–Kier alpha value is -0.570. The topological polar surface area (TPSA) is 32.3 Å². The molecule has 3 atom stereocenters. The summed E-state index contributed by atoms with van der Waals surface area (Å²) in [4.78, 5) is 13.8. The largest absolute Gasteiger partial charge is 0.323 e. The maximum Gasteiger partial charge on any atom is 0.240 e. The molecule has 0 aromatic rings. The first-order chi connectivity index (χ1) is 6.57. The minimum Gasteiger partial charge on any atom is -0.323 e. The molecule has 0 aromatic carbocycles. The monoisotopic (exact) mass is 198 g/mol. The third-order valence-electron chi connectivity index (χ3n) is 2.98. The highest BCUT2D eigenvalue weighted by atomic mass is 16.2. The van der Waals surface area contributed by atoms with Gasteiger partial charge in [0.15, 0.2) is 0 Å². The van der Waals surface area contributed by atoms with Crippen molar-refractivity contribution in [1.82, 2.24) is 10.2 Å². The van der Waals surface area contributed by atoms with E-state index in [4.69, 9.17) is 0 Å². The standard InChI is InChI=1S/C11H22N2O/c1-5-6-7-8(2)13-10(4)12-9(3)11(13)14/h8-10,12H,5-7H2,1-4H3. The van der Waals surface area contributed by atoms with Crippen LogP contribution in [-0.4, -0.2) is 29.1 Å². The second-order valence-corrected chi connectivity index (χ2v) is 4.30. The van der Waals surface area contributed by atoms with Gasteiger partial charge in [-0.15, -0.1) is 0 Å². The number of amides is 1. The van der Waals surface area contributed by atoms with Crippen LogP contribution in [0.3, 0.4) is 0 Å². The van der Waals surface area contributed by atoms with Gasteiger partial charge < -0.3 is 4.90 Å². The number of hydrogen-bond donors (Lipinski definition) is 1. The highest BCUT2D eigenvalue weighted by molar-refractivity contribution is 5.84. The van der Waals surface area contributed by atoms with E-state index in [9.17, 15) is 4.79 Å². The molecule has 1 aliphatic rings. The maximum atomic E-state index is 11.8. The first-order valence-electron chi connectivity index (χ1n) is 5.66. The molecular weight excluding hydrogens is 176 g/mol. The molecule has 3 unspecified atom stereocenters. The highest BCUT2D eigenvalue weighted by Crippen LogP contribution is 2.17. The van der Waals surface area contributed by atoms with Crippen LogP contribution in [0.4, 0.5) is 0 Å². The Morgan fingerprint density at radius 3 is 2.57 bits per heavy atom. The number of rotatable bonds is 4. The molecule has 3 heteroatoms. The van der Waals surface area contributed by atoms with Crippen molar-refractivity contribution in [3.63, 3.8) is 0 Å². The van der Waals surface area contributed by atoms with Crippen LogP contribution in [0.2, 0.25) is 0 Å². The SMILES string of the molecule is CCCCC(C)N1C(=O)C(C)NC1C. The van der Waals surface area contributed by atoms with E-state index in [2.05, 4.69) is 26.1 Å². The fraction of sp³-hybridized carbons (Fsp3) is 0.909. The predicted octanol–water partition coefficient (Wildman–Crippen LogP) is 1.73. The van der Waals surface area contributed by atoms with Gasteiger partial charge >= 0.3 is 0 Å². The van der Waals surface area contributed by atoms with Gasteiger partial charge in [-0.3, -0.25) is 10.1 Å². The predicted molar refractivity (Wildman–Crippen MR) is 57.9 cm³/mol. The Kier molecular flexibility index (Phi) is 3.93. The van der Waals surface area contributed by atoms with Crippen molar-refractivity contribution >= 4 is 5.91 Å². The molecule has 1 N–H and O–H groups in total. The molecule has 0 bridgehead atoms. The van der Waals surface area contributed by atoms with Crippen molar-refractivity contribution in [3.05, 3.63) is 0 Å². The van der Waals surface area contributed by atoms with Crippen molar-refractivity contribution < 1.29 is 4.79 Å². The summed E-state index contributed by atoms with van der Waals surface area (Å²) in [7, 11) is 0. The molecule has 1 fully saturated rings.